The number of nitrogens with zero attached hydrogens (tertiary/aromatic N) is 2. The van der Waals surface area contributed by atoms with E-state index in [4.69, 9.17) is 15.6 Å². The molecule has 2 atom stereocenters. The highest BCUT2D eigenvalue weighted by Crippen LogP contribution is 2.41. The molecule has 18 heavy (non-hydrogen) atoms. The van der Waals surface area contributed by atoms with Gasteiger partial charge in [-0.1, -0.05) is 0 Å². The molecule has 2 rings (SSSR count). The molecule has 6 nitrogen and oxygen atoms in total. The van der Waals surface area contributed by atoms with E-state index in [1.807, 2.05) is 0 Å². The van der Waals surface area contributed by atoms with Gasteiger partial charge in [-0.3, -0.25) is 4.57 Å². The fourth-order valence-corrected chi connectivity index (χ4v) is 2.16. The molecule has 1 aromatic heterocycles. The summed E-state index contributed by atoms with van der Waals surface area (Å²) in [6, 6.07) is 0. The van der Waals surface area contributed by atoms with E-state index in [9.17, 15) is 13.6 Å². The fraction of sp³-hybridized carbons (Fsp3) is 0.556. The number of anilines is 1. The molecule has 1 aliphatic rings. The number of nitrogen functional groups attached to an aromatic ring is 1. The van der Waals surface area contributed by atoms with E-state index in [0.29, 0.717) is 8.14 Å². The summed E-state index contributed by atoms with van der Waals surface area (Å²) in [5, 5.41) is 8.85. The van der Waals surface area contributed by atoms with Crippen molar-refractivity contribution in [3.63, 3.8) is 0 Å². The molecule has 0 unspecified atom stereocenters. The van der Waals surface area contributed by atoms with Gasteiger partial charge in [-0.2, -0.15) is 4.98 Å². The third-order valence-electron chi connectivity index (χ3n) is 2.57. The summed E-state index contributed by atoms with van der Waals surface area (Å²) in [4.78, 5) is 15.0. The summed E-state index contributed by atoms with van der Waals surface area (Å²) in [7, 11) is 0. The highest BCUT2D eigenvalue weighted by molar-refractivity contribution is 14.1. The first-order chi connectivity index (χ1) is 8.35. The number of hydrogen-bond acceptors (Lipinski definition) is 5. The monoisotopic (exact) mass is 373 g/mol. The summed E-state index contributed by atoms with van der Waals surface area (Å²) in [5.41, 5.74) is 4.50. The summed E-state index contributed by atoms with van der Waals surface area (Å²) in [5.74, 6) is -3.25. The van der Waals surface area contributed by atoms with Gasteiger partial charge in [0.1, 0.15) is 5.82 Å². The van der Waals surface area contributed by atoms with Gasteiger partial charge in [-0.15, -0.1) is 0 Å². The summed E-state index contributed by atoms with van der Waals surface area (Å²) in [6.07, 6.45) is -2.22. The zero-order chi connectivity index (χ0) is 13.5. The van der Waals surface area contributed by atoms with Gasteiger partial charge in [0.25, 0.3) is 5.92 Å². The van der Waals surface area contributed by atoms with Crippen LogP contribution in [0.5, 0.6) is 0 Å². The highest BCUT2D eigenvalue weighted by Gasteiger charge is 2.51. The Kier molecular flexibility index (Phi) is 3.56. The van der Waals surface area contributed by atoms with Crippen molar-refractivity contribution < 1.29 is 18.6 Å². The molecule has 9 heteroatoms. The maximum atomic E-state index is 13.7. The van der Waals surface area contributed by atoms with Gasteiger partial charge in [0, 0.05) is 12.6 Å². The zero-order valence-corrected chi connectivity index (χ0v) is 11.2. The van der Waals surface area contributed by atoms with Gasteiger partial charge in [-0.05, 0) is 22.6 Å². The van der Waals surface area contributed by atoms with Crippen molar-refractivity contribution in [2.24, 2.45) is 0 Å². The molecule has 1 fully saturated rings. The van der Waals surface area contributed by atoms with Crippen LogP contribution in [0.4, 0.5) is 14.6 Å². The first-order valence-corrected chi connectivity index (χ1v) is 6.11. The van der Waals surface area contributed by atoms with Gasteiger partial charge in [0.15, 0.2) is 0 Å². The molecule has 0 aromatic carbocycles. The minimum absolute atomic E-state index is 0.0168. The molecule has 100 valence electrons. The average molecular weight is 373 g/mol. The number of alkyl halides is 2. The Hall–Kier alpha value is -0.810. The van der Waals surface area contributed by atoms with E-state index < -0.39 is 37.0 Å². The fourth-order valence-electron chi connectivity index (χ4n) is 1.74. The molecule has 0 saturated carbocycles. The third kappa shape index (κ3) is 2.34. The Morgan fingerprint density at radius 2 is 2.39 bits per heavy atom. The molecule has 0 aliphatic carbocycles. The number of halogens is 3. The Balaban J connectivity index is 2.43. The molecule has 0 amide bonds. The molecule has 1 aromatic rings. The number of aliphatic hydroxyl groups excluding tert-OH is 1. The van der Waals surface area contributed by atoms with Gasteiger partial charge >= 0.3 is 5.69 Å². The largest absolute Gasteiger partial charge is 0.394 e. The molecule has 3 N–H and O–H groups in total. The number of hydrogen-bond donors (Lipinski definition) is 2. The van der Waals surface area contributed by atoms with Gasteiger partial charge in [0.05, 0.1) is 16.3 Å². The lowest BCUT2D eigenvalue weighted by Crippen LogP contribution is -2.35. The lowest BCUT2D eigenvalue weighted by Gasteiger charge is -2.20. The van der Waals surface area contributed by atoms with E-state index in [1.165, 1.54) is 6.20 Å². The van der Waals surface area contributed by atoms with Crippen molar-refractivity contribution in [1.29, 1.82) is 0 Å². The number of ether oxygens (including phenoxy) is 1. The Morgan fingerprint density at radius 3 is 2.94 bits per heavy atom. The molecule has 1 saturated heterocycles. The molecular formula is C9H10F2IN3O3. The predicted molar refractivity (Wildman–Crippen MR) is 66.2 cm³/mol. The smallest absolute Gasteiger partial charge is 0.351 e. The van der Waals surface area contributed by atoms with Crippen LogP contribution < -0.4 is 11.4 Å². The number of rotatable bonds is 2. The average Bonchev–Trinajstić information content (AvgIpc) is 2.59. The number of nitrogens with two attached hydrogens (primary N) is 1. The van der Waals surface area contributed by atoms with Gasteiger partial charge in [0.2, 0.25) is 6.23 Å². The van der Waals surface area contributed by atoms with Crippen molar-refractivity contribution in [1.82, 2.24) is 9.55 Å². The Bertz CT molecular complexity index is 522. The van der Waals surface area contributed by atoms with E-state index in [-0.39, 0.29) is 5.82 Å². The minimum Gasteiger partial charge on any atom is -0.394 e. The first-order valence-electron chi connectivity index (χ1n) is 5.03. The Morgan fingerprint density at radius 1 is 1.72 bits per heavy atom. The van der Waals surface area contributed by atoms with Gasteiger partial charge < -0.3 is 15.6 Å². The summed E-state index contributed by atoms with van der Waals surface area (Å²) < 4.78 is 33.4. The van der Waals surface area contributed by atoms with Crippen LogP contribution >= 0.6 is 22.6 Å². The Labute approximate surface area is 114 Å². The maximum absolute atomic E-state index is 13.7. The number of aliphatic hydroxyl groups is 1. The van der Waals surface area contributed by atoms with Crippen molar-refractivity contribution in [3.05, 3.63) is 20.3 Å². The van der Waals surface area contributed by atoms with Gasteiger partial charge in [-0.25, -0.2) is 13.6 Å². The van der Waals surface area contributed by atoms with E-state index in [1.54, 1.807) is 22.6 Å². The zero-order valence-electron chi connectivity index (χ0n) is 9.02. The van der Waals surface area contributed by atoms with Crippen LogP contribution in [0.15, 0.2) is 11.0 Å². The molecule has 0 bridgehead atoms. The quantitative estimate of drug-likeness (QED) is 0.731. The van der Waals surface area contributed by atoms with Crippen molar-refractivity contribution in [3.8, 4) is 0 Å². The normalized spacial score (nSPS) is 26.4. The van der Waals surface area contributed by atoms with Crippen LogP contribution in [0, 0.1) is 3.57 Å². The lowest BCUT2D eigenvalue weighted by atomic mass is 10.2. The molecule has 0 radical (unpaired) electrons. The van der Waals surface area contributed by atoms with Crippen LogP contribution in [-0.4, -0.2) is 33.3 Å². The van der Waals surface area contributed by atoms with E-state index >= 15 is 0 Å². The second kappa shape index (κ2) is 4.70. The molecule has 0 spiro atoms. The molecule has 2 heterocycles. The van der Waals surface area contributed by atoms with Crippen LogP contribution in [0.25, 0.3) is 0 Å². The molecule has 1 aliphatic heterocycles. The maximum Gasteiger partial charge on any atom is 0.351 e. The number of aromatic nitrogens is 2. The summed E-state index contributed by atoms with van der Waals surface area (Å²) in [6.45, 7) is -0.527. The SMILES string of the molecule is Nc1nc(=O)n([C@@H]2O[C@@H](CO)CC2(F)F)cc1I. The van der Waals surface area contributed by atoms with Crippen molar-refractivity contribution >= 4 is 28.4 Å². The van der Waals surface area contributed by atoms with Crippen LogP contribution in [-0.2, 0) is 4.74 Å². The van der Waals surface area contributed by atoms with Crippen molar-refractivity contribution in [2.45, 2.75) is 24.7 Å². The molecular weight excluding hydrogens is 363 g/mol. The predicted octanol–water partition coefficient (Wildman–Crippen LogP) is 0.345. The van der Waals surface area contributed by atoms with E-state index in [2.05, 4.69) is 4.98 Å². The highest BCUT2D eigenvalue weighted by atomic mass is 127. The topological polar surface area (TPSA) is 90.4 Å². The third-order valence-corrected chi connectivity index (χ3v) is 3.40. The summed E-state index contributed by atoms with van der Waals surface area (Å²) >= 11 is 1.78. The van der Waals surface area contributed by atoms with Crippen LogP contribution in [0.1, 0.15) is 12.6 Å². The van der Waals surface area contributed by atoms with Crippen molar-refractivity contribution in [2.75, 3.05) is 12.3 Å². The van der Waals surface area contributed by atoms with Crippen LogP contribution in [0.2, 0.25) is 0 Å². The van der Waals surface area contributed by atoms with Crippen LogP contribution in [0.3, 0.4) is 0 Å². The second-order valence-electron chi connectivity index (χ2n) is 3.92. The standard InChI is InChI=1S/C9H10F2IN3O3/c10-9(11)1-4(3-16)18-7(9)15-2-5(12)6(13)14-8(15)17/h2,4,7,16H,1,3H2,(H2,13,14,17)/t4-,7-/m1/s1. The van der Waals surface area contributed by atoms with E-state index in [0.717, 1.165) is 0 Å². The second-order valence-corrected chi connectivity index (χ2v) is 5.08. The minimum atomic E-state index is -3.24. The lowest BCUT2D eigenvalue weighted by molar-refractivity contribution is -0.120. The first kappa shape index (κ1) is 13.6.